The molecule has 3 heteroatoms. The molecule has 2 atom stereocenters. The number of nitrogens with zero attached hydrogens (tertiary/aromatic N) is 1. The summed E-state index contributed by atoms with van der Waals surface area (Å²) in [6, 6.07) is 1.07. The third-order valence-corrected chi connectivity index (χ3v) is 4.26. The van der Waals surface area contributed by atoms with Crippen LogP contribution in [-0.4, -0.2) is 48.3 Å². The Morgan fingerprint density at radius 3 is 2.41 bits per heavy atom. The molecule has 1 heterocycles. The minimum atomic E-state index is 0.298. The average Bonchev–Trinajstić information content (AvgIpc) is 2.38. The minimum absolute atomic E-state index is 0.298. The summed E-state index contributed by atoms with van der Waals surface area (Å²) in [5.41, 5.74) is 0. The van der Waals surface area contributed by atoms with Gasteiger partial charge in [-0.15, -0.1) is 0 Å². The first-order valence-corrected chi connectivity index (χ1v) is 7.30. The highest BCUT2D eigenvalue weighted by Gasteiger charge is 2.24. The highest BCUT2D eigenvalue weighted by Crippen LogP contribution is 2.21. The second kappa shape index (κ2) is 8.06. The van der Waals surface area contributed by atoms with E-state index >= 15 is 0 Å². The first kappa shape index (κ1) is 14.9. The van der Waals surface area contributed by atoms with Crippen molar-refractivity contribution in [2.24, 2.45) is 5.92 Å². The standard InChI is InChI=1S/C14H30N2O/c1-4-14(8-11-17)15-12(3)13-6-9-16(5-2)10-7-13/h12-15,17H,4-11H2,1-3H3. The molecule has 2 unspecified atom stereocenters. The Balaban J connectivity index is 2.30. The average molecular weight is 242 g/mol. The molecular weight excluding hydrogens is 212 g/mol. The van der Waals surface area contributed by atoms with E-state index < -0.39 is 0 Å². The number of aliphatic hydroxyl groups excluding tert-OH is 1. The zero-order valence-electron chi connectivity index (χ0n) is 11.8. The van der Waals surface area contributed by atoms with Gasteiger partial charge in [0.25, 0.3) is 0 Å². The van der Waals surface area contributed by atoms with E-state index in [1.54, 1.807) is 0 Å². The van der Waals surface area contributed by atoms with Crippen LogP contribution in [0.3, 0.4) is 0 Å². The highest BCUT2D eigenvalue weighted by molar-refractivity contribution is 4.81. The quantitative estimate of drug-likeness (QED) is 0.715. The zero-order chi connectivity index (χ0) is 12.7. The molecule has 0 aromatic heterocycles. The van der Waals surface area contributed by atoms with E-state index in [2.05, 4.69) is 31.0 Å². The monoisotopic (exact) mass is 242 g/mol. The largest absolute Gasteiger partial charge is 0.396 e. The zero-order valence-corrected chi connectivity index (χ0v) is 11.8. The lowest BCUT2D eigenvalue weighted by molar-refractivity contribution is 0.159. The third kappa shape index (κ3) is 4.94. The lowest BCUT2D eigenvalue weighted by atomic mass is 9.89. The first-order valence-electron chi connectivity index (χ1n) is 7.30. The van der Waals surface area contributed by atoms with Crippen molar-refractivity contribution in [2.75, 3.05) is 26.2 Å². The predicted octanol–water partition coefficient (Wildman–Crippen LogP) is 1.86. The van der Waals surface area contributed by atoms with Gasteiger partial charge in [-0.3, -0.25) is 0 Å². The molecule has 1 aliphatic rings. The summed E-state index contributed by atoms with van der Waals surface area (Å²) >= 11 is 0. The summed E-state index contributed by atoms with van der Waals surface area (Å²) in [5.74, 6) is 0.811. The molecule has 3 nitrogen and oxygen atoms in total. The lowest BCUT2D eigenvalue weighted by Gasteiger charge is -2.36. The summed E-state index contributed by atoms with van der Waals surface area (Å²) in [6.45, 7) is 10.7. The van der Waals surface area contributed by atoms with Gasteiger partial charge in [0.15, 0.2) is 0 Å². The number of likely N-dealkylation sites (tertiary alicyclic amines) is 1. The van der Waals surface area contributed by atoms with Crippen molar-refractivity contribution in [1.82, 2.24) is 10.2 Å². The molecule has 0 aliphatic carbocycles. The molecule has 0 radical (unpaired) electrons. The van der Waals surface area contributed by atoms with Gasteiger partial charge in [-0.25, -0.2) is 0 Å². The van der Waals surface area contributed by atoms with E-state index in [1.807, 2.05) is 0 Å². The normalized spacial score (nSPS) is 22.6. The van der Waals surface area contributed by atoms with E-state index in [1.165, 1.54) is 32.5 Å². The molecule has 0 saturated carbocycles. The van der Waals surface area contributed by atoms with Gasteiger partial charge < -0.3 is 15.3 Å². The van der Waals surface area contributed by atoms with Crippen LogP contribution in [0.2, 0.25) is 0 Å². The Bertz CT molecular complexity index is 191. The van der Waals surface area contributed by atoms with Crippen LogP contribution in [0.1, 0.15) is 46.5 Å². The third-order valence-electron chi connectivity index (χ3n) is 4.26. The van der Waals surface area contributed by atoms with E-state index in [0.29, 0.717) is 18.7 Å². The van der Waals surface area contributed by atoms with Crippen LogP contribution >= 0.6 is 0 Å². The Hall–Kier alpha value is -0.120. The number of piperidine rings is 1. The van der Waals surface area contributed by atoms with E-state index in [9.17, 15) is 0 Å². The summed E-state index contributed by atoms with van der Waals surface area (Å²) in [5, 5.41) is 12.7. The fourth-order valence-electron chi connectivity index (χ4n) is 2.84. The molecule has 2 N–H and O–H groups in total. The predicted molar refractivity (Wildman–Crippen MR) is 73.2 cm³/mol. The van der Waals surface area contributed by atoms with Crippen molar-refractivity contribution in [3.05, 3.63) is 0 Å². The summed E-state index contributed by atoms with van der Waals surface area (Å²) in [6.07, 6.45) is 4.63. The van der Waals surface area contributed by atoms with E-state index in [-0.39, 0.29) is 0 Å². The van der Waals surface area contributed by atoms with Gasteiger partial charge in [-0.05, 0) is 58.2 Å². The molecule has 102 valence electrons. The van der Waals surface area contributed by atoms with Crippen LogP contribution in [0.5, 0.6) is 0 Å². The smallest absolute Gasteiger partial charge is 0.0445 e. The van der Waals surface area contributed by atoms with Gasteiger partial charge in [0.05, 0.1) is 0 Å². The fraction of sp³-hybridized carbons (Fsp3) is 1.00. The first-order chi connectivity index (χ1) is 8.21. The van der Waals surface area contributed by atoms with Gasteiger partial charge in [0, 0.05) is 18.7 Å². The topological polar surface area (TPSA) is 35.5 Å². The Kier molecular flexibility index (Phi) is 7.09. The molecule has 0 amide bonds. The van der Waals surface area contributed by atoms with Gasteiger partial charge in [0.1, 0.15) is 0 Å². The number of hydrogen-bond donors (Lipinski definition) is 2. The molecule has 0 spiro atoms. The van der Waals surface area contributed by atoms with Crippen molar-refractivity contribution < 1.29 is 5.11 Å². The van der Waals surface area contributed by atoms with Gasteiger partial charge in [-0.2, -0.15) is 0 Å². The molecule has 1 fully saturated rings. The maximum atomic E-state index is 9.01. The maximum Gasteiger partial charge on any atom is 0.0445 e. The lowest BCUT2D eigenvalue weighted by Crippen LogP contribution is -2.45. The van der Waals surface area contributed by atoms with Crippen LogP contribution in [0.15, 0.2) is 0 Å². The van der Waals surface area contributed by atoms with Crippen LogP contribution in [0, 0.1) is 5.92 Å². The highest BCUT2D eigenvalue weighted by atomic mass is 16.3. The van der Waals surface area contributed by atoms with Crippen molar-refractivity contribution in [2.45, 2.75) is 58.5 Å². The SMILES string of the molecule is CCC(CCO)NC(C)C1CCN(CC)CC1. The van der Waals surface area contributed by atoms with Crippen molar-refractivity contribution >= 4 is 0 Å². The van der Waals surface area contributed by atoms with Crippen LogP contribution in [0.25, 0.3) is 0 Å². The van der Waals surface area contributed by atoms with Gasteiger partial charge >= 0.3 is 0 Å². The second-order valence-corrected chi connectivity index (χ2v) is 5.34. The molecule has 0 aromatic rings. The van der Waals surface area contributed by atoms with Crippen molar-refractivity contribution in [3.8, 4) is 0 Å². The molecule has 0 aromatic carbocycles. The fourth-order valence-corrected chi connectivity index (χ4v) is 2.84. The van der Waals surface area contributed by atoms with Crippen molar-refractivity contribution in [3.63, 3.8) is 0 Å². The number of rotatable bonds is 7. The maximum absolute atomic E-state index is 9.01. The van der Waals surface area contributed by atoms with Crippen LogP contribution in [-0.2, 0) is 0 Å². The Morgan fingerprint density at radius 1 is 1.29 bits per heavy atom. The van der Waals surface area contributed by atoms with E-state index in [4.69, 9.17) is 5.11 Å². The summed E-state index contributed by atoms with van der Waals surface area (Å²) < 4.78 is 0. The molecule has 17 heavy (non-hydrogen) atoms. The summed E-state index contributed by atoms with van der Waals surface area (Å²) in [7, 11) is 0. The number of hydrogen-bond acceptors (Lipinski definition) is 3. The summed E-state index contributed by atoms with van der Waals surface area (Å²) in [4.78, 5) is 2.54. The Morgan fingerprint density at radius 2 is 1.94 bits per heavy atom. The Labute approximate surface area is 107 Å². The molecule has 0 bridgehead atoms. The van der Waals surface area contributed by atoms with Gasteiger partial charge in [0.2, 0.25) is 0 Å². The second-order valence-electron chi connectivity index (χ2n) is 5.34. The molecule has 1 rings (SSSR count). The minimum Gasteiger partial charge on any atom is -0.396 e. The van der Waals surface area contributed by atoms with Crippen molar-refractivity contribution in [1.29, 1.82) is 0 Å². The molecule has 1 aliphatic heterocycles. The number of aliphatic hydroxyl groups is 1. The van der Waals surface area contributed by atoms with Gasteiger partial charge in [-0.1, -0.05) is 13.8 Å². The molecule has 1 saturated heterocycles. The van der Waals surface area contributed by atoms with Crippen LogP contribution in [0.4, 0.5) is 0 Å². The van der Waals surface area contributed by atoms with E-state index in [0.717, 1.165) is 18.8 Å². The molecular formula is C14H30N2O. The number of nitrogens with one attached hydrogen (secondary N) is 1. The van der Waals surface area contributed by atoms with Crippen LogP contribution < -0.4 is 5.32 Å².